The predicted octanol–water partition coefficient (Wildman–Crippen LogP) is 0.614. The van der Waals surface area contributed by atoms with Gasteiger partial charge in [0.25, 0.3) is 0 Å². The third-order valence-corrected chi connectivity index (χ3v) is 5.55. The molecular weight excluding hydrogens is 302 g/mol. The lowest BCUT2D eigenvalue weighted by Gasteiger charge is -2.05. The molecule has 8 heteroatoms. The van der Waals surface area contributed by atoms with E-state index in [-0.39, 0.29) is 10.8 Å². The van der Waals surface area contributed by atoms with Gasteiger partial charge < -0.3 is 14.6 Å². The summed E-state index contributed by atoms with van der Waals surface area (Å²) in [4.78, 5) is 0.857. The minimum atomic E-state index is -3.45. The van der Waals surface area contributed by atoms with Crippen LogP contribution in [0, 0.1) is 0 Å². The molecule has 0 aromatic carbocycles. The first-order valence-electron chi connectivity index (χ1n) is 6.36. The number of sulfonamides is 1. The van der Waals surface area contributed by atoms with E-state index in [4.69, 9.17) is 14.6 Å². The number of nitrogens with one attached hydrogen (secondary N) is 1. The summed E-state index contributed by atoms with van der Waals surface area (Å²) in [5.41, 5.74) is 0. The van der Waals surface area contributed by atoms with Crippen LogP contribution in [-0.2, 0) is 25.9 Å². The number of ether oxygens (including phenoxy) is 2. The Balaban J connectivity index is 2.30. The Labute approximate surface area is 123 Å². The van der Waals surface area contributed by atoms with Gasteiger partial charge >= 0.3 is 0 Å². The van der Waals surface area contributed by atoms with Crippen molar-refractivity contribution in [1.29, 1.82) is 0 Å². The molecule has 1 aromatic rings. The zero-order chi connectivity index (χ0) is 14.8. The molecule has 2 N–H and O–H groups in total. The fourth-order valence-corrected chi connectivity index (χ4v) is 3.91. The molecule has 0 aliphatic carbocycles. The van der Waals surface area contributed by atoms with Crippen LogP contribution in [0.2, 0.25) is 0 Å². The summed E-state index contributed by atoms with van der Waals surface area (Å²) in [6.07, 6.45) is 1.09. The second-order valence-electron chi connectivity index (χ2n) is 4.05. The first-order chi connectivity index (χ1) is 9.60. The fourth-order valence-electron chi connectivity index (χ4n) is 1.44. The standard InChI is InChI=1S/C12H21NO5S2/c1-17-9-10-18-8-2-6-13-20(15,16)12-4-3-11(19-12)5-7-14/h3-4,13-14H,2,5-10H2,1H3. The average Bonchev–Trinajstić information content (AvgIpc) is 2.88. The SMILES string of the molecule is COCCOCCCNS(=O)(=O)c1ccc(CCO)s1. The van der Waals surface area contributed by atoms with Crippen LogP contribution in [-0.4, -0.2) is 53.6 Å². The molecule has 0 aliphatic rings. The molecule has 116 valence electrons. The highest BCUT2D eigenvalue weighted by Crippen LogP contribution is 2.21. The summed E-state index contributed by atoms with van der Waals surface area (Å²) in [6.45, 7) is 1.90. The van der Waals surface area contributed by atoms with Gasteiger partial charge in [-0.2, -0.15) is 0 Å². The van der Waals surface area contributed by atoms with E-state index in [1.54, 1.807) is 19.2 Å². The Morgan fingerprint density at radius 3 is 2.80 bits per heavy atom. The predicted molar refractivity (Wildman–Crippen MR) is 77.6 cm³/mol. The van der Waals surface area contributed by atoms with Crippen LogP contribution in [0.5, 0.6) is 0 Å². The highest BCUT2D eigenvalue weighted by Gasteiger charge is 2.15. The van der Waals surface area contributed by atoms with Crippen LogP contribution in [0.3, 0.4) is 0 Å². The number of hydrogen-bond donors (Lipinski definition) is 2. The number of thiophene rings is 1. The Morgan fingerprint density at radius 2 is 2.10 bits per heavy atom. The first-order valence-corrected chi connectivity index (χ1v) is 8.66. The second-order valence-corrected chi connectivity index (χ2v) is 7.21. The van der Waals surface area contributed by atoms with Gasteiger partial charge in [0, 0.05) is 38.2 Å². The summed E-state index contributed by atoms with van der Waals surface area (Å²) < 4.78 is 36.8. The number of aliphatic hydroxyl groups excluding tert-OH is 1. The first kappa shape index (κ1) is 17.5. The lowest BCUT2D eigenvalue weighted by molar-refractivity contribution is 0.0699. The lowest BCUT2D eigenvalue weighted by atomic mass is 10.4. The Hall–Kier alpha value is -0.510. The largest absolute Gasteiger partial charge is 0.396 e. The van der Waals surface area contributed by atoms with E-state index >= 15 is 0 Å². The van der Waals surface area contributed by atoms with Crippen LogP contribution < -0.4 is 4.72 Å². The highest BCUT2D eigenvalue weighted by atomic mass is 32.2. The molecule has 0 spiro atoms. The highest BCUT2D eigenvalue weighted by molar-refractivity contribution is 7.91. The van der Waals surface area contributed by atoms with Gasteiger partial charge in [0.05, 0.1) is 13.2 Å². The number of aliphatic hydroxyl groups is 1. The minimum Gasteiger partial charge on any atom is -0.396 e. The average molecular weight is 323 g/mol. The molecule has 0 amide bonds. The van der Waals surface area contributed by atoms with Gasteiger partial charge in [-0.05, 0) is 18.6 Å². The molecule has 20 heavy (non-hydrogen) atoms. The van der Waals surface area contributed by atoms with Crippen molar-refractivity contribution in [3.05, 3.63) is 17.0 Å². The molecule has 0 saturated heterocycles. The van der Waals surface area contributed by atoms with Crippen molar-refractivity contribution in [2.75, 3.05) is 40.1 Å². The molecule has 0 radical (unpaired) electrons. The lowest BCUT2D eigenvalue weighted by Crippen LogP contribution is -2.25. The topological polar surface area (TPSA) is 84.9 Å². The van der Waals surface area contributed by atoms with E-state index in [1.807, 2.05) is 0 Å². The number of hydrogen-bond acceptors (Lipinski definition) is 6. The minimum absolute atomic E-state index is 0.0201. The van der Waals surface area contributed by atoms with Crippen LogP contribution >= 0.6 is 11.3 Å². The van der Waals surface area contributed by atoms with Gasteiger partial charge in [-0.1, -0.05) is 0 Å². The van der Waals surface area contributed by atoms with Crippen molar-refractivity contribution >= 4 is 21.4 Å². The van der Waals surface area contributed by atoms with Gasteiger partial charge in [-0.15, -0.1) is 11.3 Å². The van der Waals surface area contributed by atoms with Crippen LogP contribution in [0.25, 0.3) is 0 Å². The smallest absolute Gasteiger partial charge is 0.250 e. The maximum absolute atomic E-state index is 12.0. The maximum Gasteiger partial charge on any atom is 0.250 e. The molecule has 1 aromatic heterocycles. The summed E-state index contributed by atoms with van der Waals surface area (Å²) in [5.74, 6) is 0. The molecule has 0 saturated carbocycles. The number of rotatable bonds is 11. The van der Waals surface area contributed by atoms with Crippen LogP contribution in [0.1, 0.15) is 11.3 Å². The zero-order valence-electron chi connectivity index (χ0n) is 11.5. The van der Waals surface area contributed by atoms with E-state index in [0.29, 0.717) is 39.2 Å². The van der Waals surface area contributed by atoms with Gasteiger partial charge in [-0.3, -0.25) is 0 Å². The van der Waals surface area contributed by atoms with Gasteiger partial charge in [-0.25, -0.2) is 13.1 Å². The Bertz CT molecular complexity index is 472. The van der Waals surface area contributed by atoms with Crippen molar-refractivity contribution < 1.29 is 23.0 Å². The molecule has 0 fully saturated rings. The van der Waals surface area contributed by atoms with Crippen molar-refractivity contribution in [2.45, 2.75) is 17.1 Å². The molecule has 0 unspecified atom stereocenters. The molecule has 0 aliphatic heterocycles. The Kier molecular flexibility index (Phi) is 8.27. The van der Waals surface area contributed by atoms with Crippen LogP contribution in [0.4, 0.5) is 0 Å². The number of methoxy groups -OCH3 is 1. The van der Waals surface area contributed by atoms with Crippen LogP contribution in [0.15, 0.2) is 16.3 Å². The molecule has 0 atom stereocenters. The van der Waals surface area contributed by atoms with Crippen molar-refractivity contribution in [1.82, 2.24) is 4.72 Å². The zero-order valence-corrected chi connectivity index (χ0v) is 13.1. The quantitative estimate of drug-likeness (QED) is 0.583. The third kappa shape index (κ3) is 6.29. The monoisotopic (exact) mass is 323 g/mol. The van der Waals surface area contributed by atoms with Gasteiger partial charge in [0.2, 0.25) is 10.0 Å². The van der Waals surface area contributed by atoms with E-state index in [2.05, 4.69) is 4.72 Å². The second kappa shape index (κ2) is 9.43. The maximum atomic E-state index is 12.0. The van der Waals surface area contributed by atoms with Gasteiger partial charge in [0.1, 0.15) is 4.21 Å². The molecule has 6 nitrogen and oxygen atoms in total. The molecular formula is C12H21NO5S2. The molecule has 1 rings (SSSR count). The van der Waals surface area contributed by atoms with E-state index in [0.717, 1.165) is 4.88 Å². The van der Waals surface area contributed by atoms with E-state index in [1.165, 1.54) is 11.3 Å². The summed E-state index contributed by atoms with van der Waals surface area (Å²) in [5, 5.41) is 8.81. The van der Waals surface area contributed by atoms with E-state index < -0.39 is 10.0 Å². The fraction of sp³-hybridized carbons (Fsp3) is 0.667. The molecule has 0 bridgehead atoms. The Morgan fingerprint density at radius 1 is 1.30 bits per heavy atom. The summed E-state index contributed by atoms with van der Waals surface area (Å²) >= 11 is 1.18. The third-order valence-electron chi connectivity index (χ3n) is 2.45. The molecule has 1 heterocycles. The summed E-state index contributed by atoms with van der Waals surface area (Å²) in [7, 11) is -1.85. The normalized spacial score (nSPS) is 11.9. The van der Waals surface area contributed by atoms with Crippen molar-refractivity contribution in [2.24, 2.45) is 0 Å². The van der Waals surface area contributed by atoms with Crippen molar-refractivity contribution in [3.8, 4) is 0 Å². The summed E-state index contributed by atoms with van der Waals surface area (Å²) in [6, 6.07) is 3.29. The van der Waals surface area contributed by atoms with E-state index in [9.17, 15) is 8.42 Å². The van der Waals surface area contributed by atoms with Crippen molar-refractivity contribution in [3.63, 3.8) is 0 Å². The van der Waals surface area contributed by atoms with Gasteiger partial charge in [0.15, 0.2) is 0 Å².